The van der Waals surface area contributed by atoms with Crippen LogP contribution in [0.1, 0.15) is 46.6 Å². The van der Waals surface area contributed by atoms with Crippen molar-refractivity contribution in [3.8, 4) is 6.07 Å². The van der Waals surface area contributed by atoms with E-state index in [2.05, 4.69) is 29.3 Å². The van der Waals surface area contributed by atoms with Gasteiger partial charge in [-0.05, 0) is 50.1 Å². The molecule has 3 aromatic rings. The van der Waals surface area contributed by atoms with E-state index in [1.54, 1.807) is 17.7 Å². The standard InChI is InChI=1S/C26H25N7O/c1-15-18(13-27)6-5-7-20(15)16(2)29-24-22-12-21(19-8-9-23(34)32(4)14-19)25-28-10-11-33(25)26(22)31-17(3)30-24/h5-9,12,14,16H,10-11H2,1-4H3,(H,29,30,31). The van der Waals surface area contributed by atoms with E-state index in [9.17, 15) is 10.1 Å². The highest BCUT2D eigenvalue weighted by molar-refractivity contribution is 6.36. The maximum atomic E-state index is 12.0. The summed E-state index contributed by atoms with van der Waals surface area (Å²) in [5.41, 5.74) is 5.35. The molecule has 0 spiro atoms. The van der Waals surface area contributed by atoms with Crippen LogP contribution in [0.4, 0.5) is 11.6 Å². The number of anilines is 2. The molecule has 0 saturated carbocycles. The smallest absolute Gasteiger partial charge is 0.250 e. The van der Waals surface area contributed by atoms with Gasteiger partial charge >= 0.3 is 0 Å². The molecular weight excluding hydrogens is 426 g/mol. The molecule has 2 aliphatic rings. The molecule has 0 amide bonds. The molecule has 5 rings (SSSR count). The minimum atomic E-state index is -0.0743. The second-order valence-corrected chi connectivity index (χ2v) is 8.64. The molecule has 8 heteroatoms. The Hall–Kier alpha value is -4.25. The van der Waals surface area contributed by atoms with Crippen LogP contribution in [0.15, 0.2) is 46.3 Å². The summed E-state index contributed by atoms with van der Waals surface area (Å²) in [5.74, 6) is 3.08. The van der Waals surface area contributed by atoms with E-state index in [-0.39, 0.29) is 11.6 Å². The molecule has 0 radical (unpaired) electrons. The number of hydrogen-bond donors (Lipinski definition) is 1. The SMILES string of the molecule is Cc1nc(NC(C)c2cccc(C#N)c2C)c2c(n1)N1CCN=C1C(c1ccc(=O)n(C)c1)=C2. The number of aromatic nitrogens is 3. The molecule has 0 aliphatic carbocycles. The second-order valence-electron chi connectivity index (χ2n) is 8.64. The van der Waals surface area contributed by atoms with Gasteiger partial charge in [0.15, 0.2) is 0 Å². The van der Waals surface area contributed by atoms with Gasteiger partial charge in [0.1, 0.15) is 23.3 Å². The topological polar surface area (TPSA) is 99.2 Å². The van der Waals surface area contributed by atoms with Crippen molar-refractivity contribution in [2.75, 3.05) is 23.3 Å². The van der Waals surface area contributed by atoms with E-state index in [1.165, 1.54) is 0 Å². The highest BCUT2D eigenvalue weighted by Gasteiger charge is 2.32. The molecule has 0 bridgehead atoms. The molecule has 1 aromatic carbocycles. The lowest BCUT2D eigenvalue weighted by atomic mass is 9.97. The monoisotopic (exact) mass is 451 g/mol. The van der Waals surface area contributed by atoms with Crippen LogP contribution in [0.2, 0.25) is 0 Å². The van der Waals surface area contributed by atoms with Gasteiger partial charge in [0.05, 0.1) is 29.8 Å². The summed E-state index contributed by atoms with van der Waals surface area (Å²) in [6.07, 6.45) is 3.89. The van der Waals surface area contributed by atoms with Crippen LogP contribution >= 0.6 is 0 Å². The van der Waals surface area contributed by atoms with E-state index in [0.717, 1.165) is 51.8 Å². The van der Waals surface area contributed by atoms with Crippen molar-refractivity contribution in [1.82, 2.24) is 14.5 Å². The summed E-state index contributed by atoms with van der Waals surface area (Å²) in [4.78, 5) is 28.3. The Morgan fingerprint density at radius 1 is 1.18 bits per heavy atom. The van der Waals surface area contributed by atoms with Gasteiger partial charge in [-0.3, -0.25) is 9.79 Å². The minimum absolute atomic E-state index is 0.0594. The molecule has 8 nitrogen and oxygen atoms in total. The number of amidine groups is 1. The molecule has 2 aliphatic heterocycles. The Labute approximate surface area is 197 Å². The van der Waals surface area contributed by atoms with Gasteiger partial charge in [0.2, 0.25) is 5.56 Å². The zero-order chi connectivity index (χ0) is 24.0. The molecule has 0 fully saturated rings. The number of rotatable bonds is 4. The van der Waals surface area contributed by atoms with Crippen molar-refractivity contribution < 1.29 is 0 Å². The number of hydrogen-bond acceptors (Lipinski definition) is 7. The van der Waals surface area contributed by atoms with Crippen LogP contribution in [-0.4, -0.2) is 33.5 Å². The summed E-state index contributed by atoms with van der Waals surface area (Å²) in [6, 6.07) is 11.4. The summed E-state index contributed by atoms with van der Waals surface area (Å²) < 4.78 is 1.57. The molecule has 1 atom stereocenters. The van der Waals surface area contributed by atoms with Crippen LogP contribution in [-0.2, 0) is 7.05 Å². The first-order valence-corrected chi connectivity index (χ1v) is 11.2. The lowest BCUT2D eigenvalue weighted by molar-refractivity contribution is 0.853. The summed E-state index contributed by atoms with van der Waals surface area (Å²) in [5, 5.41) is 13.0. The molecule has 1 N–H and O–H groups in total. The molecule has 2 aromatic heterocycles. The van der Waals surface area contributed by atoms with Crippen LogP contribution in [0.3, 0.4) is 0 Å². The van der Waals surface area contributed by atoms with Gasteiger partial charge in [0.25, 0.3) is 0 Å². The third-order valence-electron chi connectivity index (χ3n) is 6.38. The van der Waals surface area contributed by atoms with Crippen molar-refractivity contribution >= 4 is 29.1 Å². The number of fused-ring (bicyclic) bond motifs is 3. The zero-order valence-electron chi connectivity index (χ0n) is 19.6. The van der Waals surface area contributed by atoms with Gasteiger partial charge in [-0.15, -0.1) is 0 Å². The number of aliphatic imine (C=N–C) groups is 1. The first-order chi connectivity index (χ1) is 16.4. The van der Waals surface area contributed by atoms with E-state index in [4.69, 9.17) is 15.0 Å². The van der Waals surface area contributed by atoms with Gasteiger partial charge in [0, 0.05) is 37.0 Å². The van der Waals surface area contributed by atoms with E-state index in [1.807, 2.05) is 44.3 Å². The van der Waals surface area contributed by atoms with Gasteiger partial charge in [-0.1, -0.05) is 12.1 Å². The maximum Gasteiger partial charge on any atom is 0.250 e. The second kappa shape index (κ2) is 8.27. The van der Waals surface area contributed by atoms with Crippen LogP contribution < -0.4 is 15.8 Å². The lowest BCUT2D eigenvalue weighted by Gasteiger charge is -2.29. The number of nitrogens with zero attached hydrogens (tertiary/aromatic N) is 6. The Bertz CT molecular complexity index is 1480. The summed E-state index contributed by atoms with van der Waals surface area (Å²) >= 11 is 0. The number of aryl methyl sites for hydroxylation is 2. The third-order valence-corrected chi connectivity index (χ3v) is 6.38. The molecule has 170 valence electrons. The Kier molecular flexibility index (Phi) is 5.25. The number of pyridine rings is 1. The molecule has 1 unspecified atom stereocenters. The first kappa shape index (κ1) is 21.6. The quantitative estimate of drug-likeness (QED) is 0.651. The average Bonchev–Trinajstić information content (AvgIpc) is 3.31. The number of benzene rings is 1. The Morgan fingerprint density at radius 2 is 2.00 bits per heavy atom. The van der Waals surface area contributed by atoms with Crippen LogP contribution in [0, 0.1) is 25.2 Å². The van der Waals surface area contributed by atoms with E-state index in [0.29, 0.717) is 17.9 Å². The summed E-state index contributed by atoms with van der Waals surface area (Å²) in [7, 11) is 1.75. The Balaban J connectivity index is 1.63. The van der Waals surface area contributed by atoms with Crippen molar-refractivity contribution in [2.24, 2.45) is 12.0 Å². The van der Waals surface area contributed by atoms with Crippen molar-refractivity contribution in [1.29, 1.82) is 5.26 Å². The van der Waals surface area contributed by atoms with Crippen LogP contribution in [0.5, 0.6) is 0 Å². The largest absolute Gasteiger partial charge is 0.363 e. The maximum absolute atomic E-state index is 12.0. The molecule has 0 saturated heterocycles. The lowest BCUT2D eigenvalue weighted by Crippen LogP contribution is -2.33. The molecule has 34 heavy (non-hydrogen) atoms. The van der Waals surface area contributed by atoms with Gasteiger partial charge in [-0.25, -0.2) is 9.97 Å². The third kappa shape index (κ3) is 3.55. The molecular formula is C26H25N7O. The predicted molar refractivity (Wildman–Crippen MR) is 134 cm³/mol. The fourth-order valence-corrected chi connectivity index (χ4v) is 4.60. The van der Waals surface area contributed by atoms with Crippen molar-refractivity contribution in [3.63, 3.8) is 0 Å². The number of nitriles is 1. The zero-order valence-corrected chi connectivity index (χ0v) is 19.6. The van der Waals surface area contributed by atoms with E-state index >= 15 is 0 Å². The van der Waals surface area contributed by atoms with Gasteiger partial charge in [-0.2, -0.15) is 5.26 Å². The average molecular weight is 452 g/mol. The normalized spacial score (nSPS) is 15.1. The minimum Gasteiger partial charge on any atom is -0.363 e. The highest BCUT2D eigenvalue weighted by atomic mass is 16.1. The first-order valence-electron chi connectivity index (χ1n) is 11.2. The highest BCUT2D eigenvalue weighted by Crippen LogP contribution is 2.38. The fraction of sp³-hybridized carbons (Fsp3) is 0.269. The Morgan fingerprint density at radius 3 is 2.76 bits per heavy atom. The fourth-order valence-electron chi connectivity index (χ4n) is 4.60. The predicted octanol–water partition coefficient (Wildman–Crippen LogP) is 3.61. The van der Waals surface area contributed by atoms with E-state index < -0.39 is 0 Å². The van der Waals surface area contributed by atoms with Gasteiger partial charge < -0.3 is 14.8 Å². The van der Waals surface area contributed by atoms with Crippen molar-refractivity contribution in [2.45, 2.75) is 26.8 Å². The van der Waals surface area contributed by atoms with Crippen molar-refractivity contribution in [3.05, 3.63) is 80.5 Å². The number of nitrogens with one attached hydrogen (secondary N) is 1. The molecule has 4 heterocycles. The van der Waals surface area contributed by atoms with Crippen LogP contribution in [0.25, 0.3) is 11.6 Å². The summed E-state index contributed by atoms with van der Waals surface area (Å²) in [6.45, 7) is 7.34.